The molecule has 0 saturated heterocycles. The van der Waals surface area contributed by atoms with E-state index in [-0.39, 0.29) is 10.6 Å². The first-order chi connectivity index (χ1) is 13.3. The summed E-state index contributed by atoms with van der Waals surface area (Å²) in [7, 11) is 0. The van der Waals surface area contributed by atoms with Gasteiger partial charge in [0.2, 0.25) is 5.91 Å². The number of aryl methyl sites for hydroxylation is 1. The maximum Gasteiger partial charge on any atom is 0.335 e. The minimum Gasteiger partial charge on any atom is -0.478 e. The topological polar surface area (TPSA) is 79.5 Å². The molecular weight excluding hydrogens is 385 g/mol. The summed E-state index contributed by atoms with van der Waals surface area (Å²) in [6, 6.07) is 12.0. The van der Waals surface area contributed by atoms with Crippen LogP contribution in [0.5, 0.6) is 0 Å². The fraction of sp³-hybridized carbons (Fsp3) is 0.0476. The number of carboxylic acids is 1. The first-order valence-electron chi connectivity index (χ1n) is 8.22. The van der Waals surface area contributed by atoms with Crippen molar-refractivity contribution in [3.63, 3.8) is 0 Å². The van der Waals surface area contributed by atoms with Crippen molar-refractivity contribution < 1.29 is 23.5 Å². The van der Waals surface area contributed by atoms with Crippen LogP contribution >= 0.6 is 11.6 Å². The van der Waals surface area contributed by atoms with Gasteiger partial charge in [0.1, 0.15) is 17.3 Å². The van der Waals surface area contributed by atoms with Crippen molar-refractivity contribution in [1.29, 1.82) is 0 Å². The Morgan fingerprint density at radius 2 is 1.93 bits per heavy atom. The molecule has 3 aromatic rings. The number of benzene rings is 2. The largest absolute Gasteiger partial charge is 0.478 e. The molecule has 7 heteroatoms. The van der Waals surface area contributed by atoms with Gasteiger partial charge in [-0.15, -0.1) is 0 Å². The first kappa shape index (κ1) is 19.4. The molecule has 1 heterocycles. The van der Waals surface area contributed by atoms with Gasteiger partial charge in [0, 0.05) is 17.3 Å². The highest BCUT2D eigenvalue weighted by molar-refractivity contribution is 6.31. The Hall–Kier alpha value is -3.38. The average Bonchev–Trinajstić information content (AvgIpc) is 3.13. The molecule has 0 saturated carbocycles. The van der Waals surface area contributed by atoms with Crippen molar-refractivity contribution in [3.05, 3.63) is 82.3 Å². The summed E-state index contributed by atoms with van der Waals surface area (Å²) in [4.78, 5) is 23.1. The van der Waals surface area contributed by atoms with E-state index in [0.29, 0.717) is 28.3 Å². The lowest BCUT2D eigenvalue weighted by atomic mass is 10.1. The number of rotatable bonds is 5. The number of anilines is 1. The summed E-state index contributed by atoms with van der Waals surface area (Å²) < 4.78 is 18.9. The van der Waals surface area contributed by atoms with Gasteiger partial charge in [0.25, 0.3) is 0 Å². The van der Waals surface area contributed by atoms with Gasteiger partial charge < -0.3 is 14.8 Å². The Morgan fingerprint density at radius 1 is 1.14 bits per heavy atom. The molecule has 0 unspecified atom stereocenters. The molecule has 1 amide bonds. The van der Waals surface area contributed by atoms with Gasteiger partial charge in [-0.25, -0.2) is 9.18 Å². The third kappa shape index (κ3) is 4.47. The van der Waals surface area contributed by atoms with Crippen LogP contribution in [-0.2, 0) is 4.79 Å². The van der Waals surface area contributed by atoms with Crippen LogP contribution in [0.2, 0.25) is 5.02 Å². The number of aromatic carboxylic acids is 1. The van der Waals surface area contributed by atoms with E-state index in [1.165, 1.54) is 42.5 Å². The number of carbonyl (C=O) groups excluding carboxylic acids is 1. The summed E-state index contributed by atoms with van der Waals surface area (Å²) in [5.41, 5.74) is 1.91. The smallest absolute Gasteiger partial charge is 0.335 e. The highest BCUT2D eigenvalue weighted by atomic mass is 35.5. The van der Waals surface area contributed by atoms with E-state index >= 15 is 0 Å². The molecular formula is C21H15ClFNO4. The normalized spacial score (nSPS) is 11.0. The number of hydrogen-bond acceptors (Lipinski definition) is 3. The number of carbonyl (C=O) groups is 2. The molecule has 28 heavy (non-hydrogen) atoms. The van der Waals surface area contributed by atoms with Crippen LogP contribution in [0.25, 0.3) is 17.4 Å². The summed E-state index contributed by atoms with van der Waals surface area (Å²) in [6.07, 6.45) is 2.79. The molecule has 142 valence electrons. The SMILES string of the molecule is Cc1cc(C(=O)O)ccc1NC(=O)/C=C/c1ccc(-c2ccc(F)c(Cl)c2)o1. The van der Waals surface area contributed by atoms with E-state index in [1.807, 2.05) is 0 Å². The molecule has 0 aliphatic carbocycles. The van der Waals surface area contributed by atoms with Crippen LogP contribution < -0.4 is 5.32 Å². The lowest BCUT2D eigenvalue weighted by Crippen LogP contribution is -2.09. The molecule has 0 aliphatic rings. The summed E-state index contributed by atoms with van der Waals surface area (Å²) >= 11 is 5.77. The molecule has 5 nitrogen and oxygen atoms in total. The monoisotopic (exact) mass is 399 g/mol. The molecule has 2 aromatic carbocycles. The Balaban J connectivity index is 1.69. The molecule has 3 rings (SSSR count). The Labute approximate surface area is 165 Å². The fourth-order valence-corrected chi connectivity index (χ4v) is 2.70. The predicted molar refractivity (Wildman–Crippen MR) is 105 cm³/mol. The summed E-state index contributed by atoms with van der Waals surface area (Å²) in [6.45, 7) is 1.71. The molecule has 0 atom stereocenters. The van der Waals surface area contributed by atoms with Crippen molar-refractivity contribution in [1.82, 2.24) is 0 Å². The van der Waals surface area contributed by atoms with E-state index in [2.05, 4.69) is 5.32 Å². The quantitative estimate of drug-likeness (QED) is 0.563. The molecule has 0 radical (unpaired) electrons. The second-order valence-electron chi connectivity index (χ2n) is 5.99. The van der Waals surface area contributed by atoms with Gasteiger partial charge in [-0.05, 0) is 67.1 Å². The minimum absolute atomic E-state index is 0.00495. The van der Waals surface area contributed by atoms with Gasteiger partial charge in [0.05, 0.1) is 10.6 Å². The lowest BCUT2D eigenvalue weighted by Gasteiger charge is -2.07. The highest BCUT2D eigenvalue weighted by Gasteiger charge is 2.09. The van der Waals surface area contributed by atoms with E-state index in [1.54, 1.807) is 25.1 Å². The number of furan rings is 1. The van der Waals surface area contributed by atoms with Crippen LogP contribution in [0.1, 0.15) is 21.7 Å². The first-order valence-corrected chi connectivity index (χ1v) is 8.59. The number of nitrogens with one attached hydrogen (secondary N) is 1. The maximum absolute atomic E-state index is 13.3. The second kappa shape index (κ2) is 8.10. The number of halogens is 2. The van der Waals surface area contributed by atoms with Gasteiger partial charge in [0.15, 0.2) is 0 Å². The number of hydrogen-bond donors (Lipinski definition) is 2. The van der Waals surface area contributed by atoms with Crippen LogP contribution in [-0.4, -0.2) is 17.0 Å². The van der Waals surface area contributed by atoms with E-state index in [9.17, 15) is 14.0 Å². The lowest BCUT2D eigenvalue weighted by molar-refractivity contribution is -0.111. The minimum atomic E-state index is -1.03. The molecule has 2 N–H and O–H groups in total. The van der Waals surface area contributed by atoms with Gasteiger partial charge >= 0.3 is 5.97 Å². The van der Waals surface area contributed by atoms with Gasteiger partial charge in [-0.3, -0.25) is 4.79 Å². The summed E-state index contributed by atoms with van der Waals surface area (Å²) in [5.74, 6) is -1.02. The zero-order valence-corrected chi connectivity index (χ0v) is 15.5. The maximum atomic E-state index is 13.3. The third-order valence-corrected chi connectivity index (χ3v) is 4.25. The molecule has 0 aliphatic heterocycles. The van der Waals surface area contributed by atoms with Crippen LogP contribution in [0.3, 0.4) is 0 Å². The standard InChI is InChI=1S/C21H15ClFNO4/c1-12-10-14(21(26)27)3-7-18(12)24-20(25)9-5-15-4-8-19(28-15)13-2-6-17(23)16(22)11-13/h2-11H,1H3,(H,24,25)(H,26,27)/b9-5+. The summed E-state index contributed by atoms with van der Waals surface area (Å²) in [5, 5.41) is 11.6. The number of carboxylic acid groups (broad SMARTS) is 1. The van der Waals surface area contributed by atoms with E-state index < -0.39 is 17.7 Å². The van der Waals surface area contributed by atoms with Crippen molar-refractivity contribution in [2.24, 2.45) is 0 Å². The molecule has 0 bridgehead atoms. The zero-order chi connectivity index (χ0) is 20.3. The number of amides is 1. The van der Waals surface area contributed by atoms with Gasteiger partial charge in [-0.1, -0.05) is 11.6 Å². The Kier molecular flexibility index (Phi) is 5.61. The fourth-order valence-electron chi connectivity index (χ4n) is 2.52. The highest BCUT2D eigenvalue weighted by Crippen LogP contribution is 2.27. The Morgan fingerprint density at radius 3 is 2.61 bits per heavy atom. The van der Waals surface area contributed by atoms with Crippen LogP contribution in [0, 0.1) is 12.7 Å². The molecule has 0 spiro atoms. The van der Waals surface area contributed by atoms with Crippen molar-refractivity contribution >= 4 is 35.2 Å². The third-order valence-electron chi connectivity index (χ3n) is 3.96. The van der Waals surface area contributed by atoms with Crippen molar-refractivity contribution in [2.75, 3.05) is 5.32 Å². The van der Waals surface area contributed by atoms with Crippen molar-refractivity contribution in [2.45, 2.75) is 6.92 Å². The second-order valence-corrected chi connectivity index (χ2v) is 6.40. The molecule has 1 aromatic heterocycles. The zero-order valence-electron chi connectivity index (χ0n) is 14.7. The average molecular weight is 400 g/mol. The van der Waals surface area contributed by atoms with Crippen molar-refractivity contribution in [3.8, 4) is 11.3 Å². The van der Waals surface area contributed by atoms with Gasteiger partial charge in [-0.2, -0.15) is 0 Å². The van der Waals surface area contributed by atoms with E-state index in [4.69, 9.17) is 21.1 Å². The van der Waals surface area contributed by atoms with Crippen LogP contribution in [0.15, 0.2) is 59.0 Å². The van der Waals surface area contributed by atoms with E-state index in [0.717, 1.165) is 0 Å². The Bertz CT molecular complexity index is 1090. The predicted octanol–water partition coefficient (Wildman–Crippen LogP) is 5.40. The van der Waals surface area contributed by atoms with Crippen LogP contribution in [0.4, 0.5) is 10.1 Å². The molecule has 0 fully saturated rings.